The maximum absolute atomic E-state index is 11.6. The second-order valence-electron chi connectivity index (χ2n) is 6.67. The summed E-state index contributed by atoms with van der Waals surface area (Å²) in [6, 6.07) is 6.08. The largest absolute Gasteiger partial charge is 0.496 e. The summed E-state index contributed by atoms with van der Waals surface area (Å²) < 4.78 is 30.2. The molecule has 0 radical (unpaired) electrons. The lowest BCUT2D eigenvalue weighted by Crippen LogP contribution is -2.40. The first-order valence-electron chi connectivity index (χ1n) is 8.94. The van der Waals surface area contributed by atoms with Gasteiger partial charge in [-0.3, -0.25) is 0 Å². The molecule has 1 atom stereocenters. The van der Waals surface area contributed by atoms with E-state index in [2.05, 4.69) is 15.6 Å². The minimum absolute atomic E-state index is 0. The molecular weight excluding hydrogens is 479 g/mol. The second-order valence-corrected chi connectivity index (χ2v) is 8.65. The van der Waals surface area contributed by atoms with E-state index in [1.54, 1.807) is 11.4 Å². The van der Waals surface area contributed by atoms with Gasteiger partial charge < -0.3 is 15.4 Å². The fourth-order valence-corrected chi connectivity index (χ4v) is 3.91. The quantitative estimate of drug-likeness (QED) is 0.333. The van der Waals surface area contributed by atoms with Crippen LogP contribution in [0.5, 0.6) is 5.75 Å². The van der Waals surface area contributed by atoms with Gasteiger partial charge in [-0.2, -0.15) is 0 Å². The monoisotopic (exact) mass is 510 g/mol. The summed E-state index contributed by atoms with van der Waals surface area (Å²) in [5.41, 5.74) is 2.18. The molecule has 154 valence electrons. The third-order valence-corrected chi connectivity index (χ3v) is 5.74. The Balaban J connectivity index is 0.00000364. The Hall–Kier alpha value is -1.07. The summed E-state index contributed by atoms with van der Waals surface area (Å²) in [6.45, 7) is 7.18. The Morgan fingerprint density at radius 3 is 2.70 bits per heavy atom. The van der Waals surface area contributed by atoms with Crippen LogP contribution in [0.3, 0.4) is 0 Å². The summed E-state index contributed by atoms with van der Waals surface area (Å²) in [4.78, 5) is 4.63. The van der Waals surface area contributed by atoms with Crippen molar-refractivity contribution in [3.8, 4) is 5.75 Å². The number of rotatable bonds is 7. The maximum Gasteiger partial charge on any atom is 0.211 e. The van der Waals surface area contributed by atoms with Gasteiger partial charge in [0.2, 0.25) is 10.0 Å². The molecule has 1 aliphatic rings. The molecule has 0 spiro atoms. The van der Waals surface area contributed by atoms with Crippen LogP contribution in [0.4, 0.5) is 0 Å². The van der Waals surface area contributed by atoms with Gasteiger partial charge in [0.05, 0.1) is 19.9 Å². The lowest BCUT2D eigenvalue weighted by atomic mass is 10.1. The molecule has 2 N–H and O–H groups in total. The Kier molecular flexibility index (Phi) is 9.82. The lowest BCUT2D eigenvalue weighted by Gasteiger charge is -2.16. The number of sulfonamides is 1. The molecule has 0 bridgehead atoms. The zero-order valence-corrected chi connectivity index (χ0v) is 19.6. The minimum Gasteiger partial charge on any atom is -0.496 e. The van der Waals surface area contributed by atoms with Crippen LogP contribution >= 0.6 is 24.0 Å². The van der Waals surface area contributed by atoms with Crippen molar-refractivity contribution in [3.63, 3.8) is 0 Å². The number of hydrogen-bond donors (Lipinski definition) is 2. The normalized spacial score (nSPS) is 18.1. The SMILES string of the molecule is CCNC(=NCc1ccc(C)cc1OC)NCC1CCN(S(C)(=O)=O)C1.I. The average Bonchev–Trinajstić information content (AvgIpc) is 3.07. The summed E-state index contributed by atoms with van der Waals surface area (Å²) in [5.74, 6) is 1.86. The summed E-state index contributed by atoms with van der Waals surface area (Å²) >= 11 is 0. The van der Waals surface area contributed by atoms with Crippen LogP contribution in [-0.4, -0.2) is 58.2 Å². The van der Waals surface area contributed by atoms with Crippen LogP contribution in [0.15, 0.2) is 23.2 Å². The first kappa shape index (κ1) is 24.0. The number of methoxy groups -OCH3 is 1. The van der Waals surface area contributed by atoms with E-state index in [9.17, 15) is 8.42 Å². The van der Waals surface area contributed by atoms with Gasteiger partial charge in [0, 0.05) is 31.7 Å². The predicted molar refractivity (Wildman–Crippen MR) is 120 cm³/mol. The van der Waals surface area contributed by atoms with Gasteiger partial charge in [0.25, 0.3) is 0 Å². The van der Waals surface area contributed by atoms with Gasteiger partial charge in [-0.25, -0.2) is 17.7 Å². The van der Waals surface area contributed by atoms with Crippen molar-refractivity contribution >= 4 is 40.0 Å². The number of guanidine groups is 1. The van der Waals surface area contributed by atoms with Crippen LogP contribution in [0.2, 0.25) is 0 Å². The Morgan fingerprint density at radius 1 is 1.37 bits per heavy atom. The highest BCUT2D eigenvalue weighted by Gasteiger charge is 2.28. The molecule has 9 heteroatoms. The molecule has 1 aliphatic heterocycles. The molecule has 0 amide bonds. The molecule has 0 saturated carbocycles. The lowest BCUT2D eigenvalue weighted by molar-refractivity contribution is 0.409. The Bertz CT molecular complexity index is 740. The number of halogens is 1. The van der Waals surface area contributed by atoms with Crippen LogP contribution in [0.1, 0.15) is 24.5 Å². The van der Waals surface area contributed by atoms with Crippen molar-refractivity contribution in [3.05, 3.63) is 29.3 Å². The third-order valence-electron chi connectivity index (χ3n) is 4.47. The molecule has 7 nitrogen and oxygen atoms in total. The van der Waals surface area contributed by atoms with Crippen molar-refractivity contribution in [2.45, 2.75) is 26.8 Å². The van der Waals surface area contributed by atoms with E-state index < -0.39 is 10.0 Å². The van der Waals surface area contributed by atoms with E-state index in [0.717, 1.165) is 35.8 Å². The first-order valence-corrected chi connectivity index (χ1v) is 10.8. The number of ether oxygens (including phenoxy) is 1. The van der Waals surface area contributed by atoms with E-state index in [1.165, 1.54) is 6.26 Å². The molecular formula is C18H31IN4O3S. The van der Waals surface area contributed by atoms with Crippen molar-refractivity contribution in [1.29, 1.82) is 0 Å². The average molecular weight is 510 g/mol. The topological polar surface area (TPSA) is 83.0 Å². The Labute approximate surface area is 180 Å². The highest BCUT2D eigenvalue weighted by Crippen LogP contribution is 2.21. The molecule has 1 aromatic carbocycles. The van der Waals surface area contributed by atoms with Gasteiger partial charge in [-0.15, -0.1) is 24.0 Å². The summed E-state index contributed by atoms with van der Waals surface area (Å²) in [6.07, 6.45) is 2.13. The smallest absolute Gasteiger partial charge is 0.211 e. The molecule has 1 saturated heterocycles. The van der Waals surface area contributed by atoms with Gasteiger partial charge in [-0.1, -0.05) is 12.1 Å². The van der Waals surface area contributed by atoms with Crippen LogP contribution < -0.4 is 15.4 Å². The zero-order valence-electron chi connectivity index (χ0n) is 16.5. The third kappa shape index (κ3) is 7.46. The van der Waals surface area contributed by atoms with E-state index in [4.69, 9.17) is 4.74 Å². The van der Waals surface area contributed by atoms with E-state index in [-0.39, 0.29) is 24.0 Å². The maximum atomic E-state index is 11.6. The van der Waals surface area contributed by atoms with Crippen molar-refractivity contribution < 1.29 is 13.2 Å². The number of aryl methyl sites for hydroxylation is 1. The van der Waals surface area contributed by atoms with Crippen molar-refractivity contribution in [1.82, 2.24) is 14.9 Å². The van der Waals surface area contributed by atoms with Crippen molar-refractivity contribution in [2.75, 3.05) is 39.5 Å². The van der Waals surface area contributed by atoms with Gasteiger partial charge >= 0.3 is 0 Å². The van der Waals surface area contributed by atoms with E-state index in [0.29, 0.717) is 32.1 Å². The molecule has 27 heavy (non-hydrogen) atoms. The number of benzene rings is 1. The number of nitrogens with one attached hydrogen (secondary N) is 2. The molecule has 1 aromatic rings. The highest BCUT2D eigenvalue weighted by molar-refractivity contribution is 14.0. The summed E-state index contributed by atoms with van der Waals surface area (Å²) in [7, 11) is -1.43. The fourth-order valence-electron chi connectivity index (χ4n) is 2.99. The van der Waals surface area contributed by atoms with Gasteiger partial charge in [0.15, 0.2) is 5.96 Å². The van der Waals surface area contributed by atoms with E-state index in [1.807, 2.05) is 32.0 Å². The molecule has 1 heterocycles. The van der Waals surface area contributed by atoms with Crippen LogP contribution in [-0.2, 0) is 16.6 Å². The first-order chi connectivity index (χ1) is 12.3. The van der Waals surface area contributed by atoms with E-state index >= 15 is 0 Å². The van der Waals surface area contributed by atoms with Crippen LogP contribution in [0, 0.1) is 12.8 Å². The summed E-state index contributed by atoms with van der Waals surface area (Å²) in [5, 5.41) is 6.56. The second kappa shape index (κ2) is 11.1. The Morgan fingerprint density at radius 2 is 2.11 bits per heavy atom. The number of hydrogen-bond acceptors (Lipinski definition) is 4. The molecule has 2 rings (SSSR count). The predicted octanol–water partition coefficient (Wildman–Crippen LogP) is 1.96. The molecule has 1 unspecified atom stereocenters. The van der Waals surface area contributed by atoms with Crippen molar-refractivity contribution in [2.24, 2.45) is 10.9 Å². The zero-order chi connectivity index (χ0) is 19.2. The van der Waals surface area contributed by atoms with Crippen LogP contribution in [0.25, 0.3) is 0 Å². The molecule has 0 aromatic heterocycles. The number of aliphatic imine (C=N–C) groups is 1. The molecule has 1 fully saturated rings. The standard InChI is InChI=1S/C18H30N4O3S.HI/c1-5-19-18(20-11-15-8-9-22(13-15)26(4,23)24)21-12-16-7-6-14(2)10-17(16)25-3;/h6-7,10,15H,5,8-9,11-13H2,1-4H3,(H2,19,20,21);1H. The van der Waals surface area contributed by atoms with Gasteiger partial charge in [-0.05, 0) is 37.8 Å². The molecule has 0 aliphatic carbocycles. The van der Waals surface area contributed by atoms with Gasteiger partial charge in [0.1, 0.15) is 5.75 Å². The minimum atomic E-state index is -3.10. The fraction of sp³-hybridized carbons (Fsp3) is 0.611. The highest BCUT2D eigenvalue weighted by atomic mass is 127. The number of nitrogens with zero attached hydrogens (tertiary/aromatic N) is 2.